The van der Waals surface area contributed by atoms with Gasteiger partial charge in [-0.05, 0) is 36.6 Å². The van der Waals surface area contributed by atoms with Crippen LogP contribution in [0.3, 0.4) is 0 Å². The second-order valence-corrected chi connectivity index (χ2v) is 8.06. The summed E-state index contributed by atoms with van der Waals surface area (Å²) in [6.45, 7) is 5.24. The summed E-state index contributed by atoms with van der Waals surface area (Å²) in [7, 11) is 1.58. The standard InChI is InChI=1S/C23H27N5O3/c1-15(2)13-19(21(29)24-16-7-6-8-17(14-16)31-3)26-23(30)28-12-11-27-20-10-5-4-9-18(20)25-22(27)28/h4-10,14-15,19H,11-13H2,1-3H3,(H,24,29)(H,26,30)/t19-/m0/s1. The Kier molecular flexibility index (Phi) is 5.79. The Bertz CT molecular complexity index is 1110. The number of fused-ring (bicyclic) bond motifs is 3. The van der Waals surface area contributed by atoms with E-state index in [2.05, 4.69) is 15.6 Å². The van der Waals surface area contributed by atoms with Gasteiger partial charge < -0.3 is 19.9 Å². The SMILES string of the molecule is COc1cccc(NC(=O)[C@H](CC(C)C)NC(=O)N2CCn3c2nc2ccccc23)c1. The number of hydrogen-bond donors (Lipinski definition) is 2. The minimum atomic E-state index is -0.669. The van der Waals surface area contributed by atoms with Crippen LogP contribution in [0.1, 0.15) is 20.3 Å². The number of anilines is 2. The van der Waals surface area contributed by atoms with Gasteiger partial charge in [0.2, 0.25) is 11.9 Å². The molecule has 0 bridgehead atoms. The molecule has 8 heteroatoms. The average Bonchev–Trinajstić information content (AvgIpc) is 3.32. The quantitative estimate of drug-likeness (QED) is 0.636. The Morgan fingerprint density at radius 1 is 1.13 bits per heavy atom. The Balaban J connectivity index is 1.50. The lowest BCUT2D eigenvalue weighted by Crippen LogP contribution is -2.50. The second-order valence-electron chi connectivity index (χ2n) is 8.06. The van der Waals surface area contributed by atoms with Gasteiger partial charge in [-0.1, -0.05) is 32.0 Å². The van der Waals surface area contributed by atoms with Crippen LogP contribution in [0.4, 0.5) is 16.4 Å². The molecule has 2 heterocycles. The fourth-order valence-electron chi connectivity index (χ4n) is 3.84. The lowest BCUT2D eigenvalue weighted by Gasteiger charge is -2.23. The van der Waals surface area contributed by atoms with Crippen molar-refractivity contribution in [1.82, 2.24) is 14.9 Å². The van der Waals surface area contributed by atoms with Gasteiger partial charge in [-0.3, -0.25) is 9.69 Å². The van der Waals surface area contributed by atoms with Crippen molar-refractivity contribution in [3.05, 3.63) is 48.5 Å². The molecule has 0 spiro atoms. The molecule has 1 aromatic heterocycles. The summed E-state index contributed by atoms with van der Waals surface area (Å²) < 4.78 is 7.25. The van der Waals surface area contributed by atoms with Gasteiger partial charge in [0.15, 0.2) is 0 Å². The number of carbonyl (C=O) groups excluding carboxylic acids is 2. The van der Waals surface area contributed by atoms with Crippen molar-refractivity contribution in [2.45, 2.75) is 32.9 Å². The zero-order valence-electron chi connectivity index (χ0n) is 18.0. The van der Waals surface area contributed by atoms with E-state index in [1.165, 1.54) is 0 Å². The van der Waals surface area contributed by atoms with Gasteiger partial charge in [-0.2, -0.15) is 0 Å². The van der Waals surface area contributed by atoms with E-state index in [1.807, 2.05) is 48.7 Å². The molecule has 0 unspecified atom stereocenters. The Labute approximate surface area is 181 Å². The minimum absolute atomic E-state index is 0.226. The fraction of sp³-hybridized carbons (Fsp3) is 0.348. The number of amides is 3. The van der Waals surface area contributed by atoms with Crippen LogP contribution in [0.2, 0.25) is 0 Å². The summed E-state index contributed by atoms with van der Waals surface area (Å²) >= 11 is 0. The summed E-state index contributed by atoms with van der Waals surface area (Å²) in [6, 6.07) is 14.0. The van der Waals surface area contributed by atoms with Gasteiger partial charge >= 0.3 is 6.03 Å². The highest BCUT2D eigenvalue weighted by molar-refractivity contribution is 6.00. The zero-order valence-corrected chi connectivity index (χ0v) is 18.0. The van der Waals surface area contributed by atoms with Crippen molar-refractivity contribution >= 4 is 34.6 Å². The highest BCUT2D eigenvalue weighted by atomic mass is 16.5. The molecule has 4 rings (SSSR count). The molecule has 2 N–H and O–H groups in total. The third-order valence-corrected chi connectivity index (χ3v) is 5.33. The zero-order chi connectivity index (χ0) is 22.0. The molecule has 0 aliphatic carbocycles. The van der Waals surface area contributed by atoms with Crippen molar-refractivity contribution in [2.24, 2.45) is 5.92 Å². The molecular formula is C23H27N5O3. The summed E-state index contributed by atoms with van der Waals surface area (Å²) in [4.78, 5) is 32.3. The fourth-order valence-corrected chi connectivity index (χ4v) is 3.84. The largest absolute Gasteiger partial charge is 0.497 e. The van der Waals surface area contributed by atoms with E-state index < -0.39 is 6.04 Å². The van der Waals surface area contributed by atoms with E-state index in [0.29, 0.717) is 36.9 Å². The molecule has 1 atom stereocenters. The van der Waals surface area contributed by atoms with Crippen molar-refractivity contribution in [3.8, 4) is 5.75 Å². The molecule has 2 aromatic carbocycles. The number of imidazole rings is 1. The second kappa shape index (κ2) is 8.67. The summed E-state index contributed by atoms with van der Waals surface area (Å²) in [5.74, 6) is 1.22. The van der Waals surface area contributed by atoms with Crippen molar-refractivity contribution in [3.63, 3.8) is 0 Å². The molecule has 3 aromatic rings. The van der Waals surface area contributed by atoms with Crippen LogP contribution >= 0.6 is 0 Å². The highest BCUT2D eigenvalue weighted by Crippen LogP contribution is 2.27. The van der Waals surface area contributed by atoms with E-state index in [0.717, 1.165) is 11.0 Å². The van der Waals surface area contributed by atoms with Gasteiger partial charge in [0.05, 0.1) is 18.1 Å². The first-order chi connectivity index (χ1) is 15.0. The molecule has 8 nitrogen and oxygen atoms in total. The first-order valence-electron chi connectivity index (χ1n) is 10.4. The van der Waals surface area contributed by atoms with E-state index in [1.54, 1.807) is 30.2 Å². The number of benzene rings is 2. The monoisotopic (exact) mass is 421 g/mol. The normalized spacial score (nSPS) is 13.9. The maximum absolute atomic E-state index is 13.1. The number of rotatable bonds is 6. The number of ether oxygens (including phenoxy) is 1. The number of para-hydroxylation sites is 2. The molecule has 1 aliphatic rings. The van der Waals surface area contributed by atoms with E-state index in [-0.39, 0.29) is 17.9 Å². The summed E-state index contributed by atoms with van der Waals surface area (Å²) in [5, 5.41) is 5.80. The molecule has 0 fully saturated rings. The predicted octanol–water partition coefficient (Wildman–Crippen LogP) is 3.63. The van der Waals surface area contributed by atoms with E-state index in [4.69, 9.17) is 4.74 Å². The van der Waals surface area contributed by atoms with Crippen LogP contribution in [-0.2, 0) is 11.3 Å². The minimum Gasteiger partial charge on any atom is -0.497 e. The molecular weight excluding hydrogens is 394 g/mol. The maximum atomic E-state index is 13.1. The molecule has 3 amide bonds. The van der Waals surface area contributed by atoms with Crippen LogP contribution in [-0.4, -0.2) is 41.2 Å². The molecule has 0 saturated carbocycles. The smallest absolute Gasteiger partial charge is 0.324 e. The third-order valence-electron chi connectivity index (χ3n) is 5.33. The number of hydrogen-bond acceptors (Lipinski definition) is 4. The summed E-state index contributed by atoms with van der Waals surface area (Å²) in [6.07, 6.45) is 0.520. The Morgan fingerprint density at radius 3 is 2.71 bits per heavy atom. The van der Waals surface area contributed by atoms with Gasteiger partial charge in [-0.15, -0.1) is 0 Å². The first kappa shape index (κ1) is 20.7. The maximum Gasteiger partial charge on any atom is 0.324 e. The Morgan fingerprint density at radius 2 is 1.94 bits per heavy atom. The van der Waals surface area contributed by atoms with Crippen molar-refractivity contribution in [2.75, 3.05) is 23.9 Å². The molecule has 1 aliphatic heterocycles. The number of carbonyl (C=O) groups is 2. The summed E-state index contributed by atoms with van der Waals surface area (Å²) in [5.41, 5.74) is 2.47. The van der Waals surface area contributed by atoms with Crippen LogP contribution < -0.4 is 20.3 Å². The van der Waals surface area contributed by atoms with Crippen LogP contribution in [0.15, 0.2) is 48.5 Å². The van der Waals surface area contributed by atoms with E-state index >= 15 is 0 Å². The average molecular weight is 422 g/mol. The number of methoxy groups -OCH3 is 1. The lowest BCUT2D eigenvalue weighted by molar-refractivity contribution is -0.118. The first-order valence-corrected chi connectivity index (χ1v) is 10.4. The number of nitrogens with zero attached hydrogens (tertiary/aromatic N) is 3. The molecule has 0 saturated heterocycles. The van der Waals surface area contributed by atoms with Gasteiger partial charge in [0, 0.05) is 24.8 Å². The molecule has 0 radical (unpaired) electrons. The predicted molar refractivity (Wildman–Crippen MR) is 120 cm³/mol. The number of urea groups is 1. The third kappa shape index (κ3) is 4.33. The number of aromatic nitrogens is 2. The van der Waals surface area contributed by atoms with Crippen molar-refractivity contribution in [1.29, 1.82) is 0 Å². The number of nitrogens with one attached hydrogen (secondary N) is 2. The van der Waals surface area contributed by atoms with Crippen LogP contribution in [0.25, 0.3) is 11.0 Å². The van der Waals surface area contributed by atoms with E-state index in [9.17, 15) is 9.59 Å². The highest BCUT2D eigenvalue weighted by Gasteiger charge is 2.31. The van der Waals surface area contributed by atoms with Gasteiger partial charge in [0.1, 0.15) is 11.8 Å². The van der Waals surface area contributed by atoms with Gasteiger partial charge in [-0.25, -0.2) is 9.78 Å². The topological polar surface area (TPSA) is 88.5 Å². The molecule has 162 valence electrons. The van der Waals surface area contributed by atoms with Crippen LogP contribution in [0.5, 0.6) is 5.75 Å². The van der Waals surface area contributed by atoms with Crippen LogP contribution in [0, 0.1) is 5.92 Å². The lowest BCUT2D eigenvalue weighted by atomic mass is 10.0. The Hall–Kier alpha value is -3.55. The van der Waals surface area contributed by atoms with Crippen molar-refractivity contribution < 1.29 is 14.3 Å². The molecule has 31 heavy (non-hydrogen) atoms. The van der Waals surface area contributed by atoms with Gasteiger partial charge in [0.25, 0.3) is 0 Å².